The van der Waals surface area contributed by atoms with E-state index >= 15 is 0 Å². The first-order valence-electron chi connectivity index (χ1n) is 8.24. The molecule has 1 aliphatic carbocycles. The second kappa shape index (κ2) is 5.40. The Morgan fingerprint density at radius 3 is 3.00 bits per heavy atom. The van der Waals surface area contributed by atoms with Crippen LogP contribution in [0.5, 0.6) is 17.2 Å². The van der Waals surface area contributed by atoms with Crippen LogP contribution in [-0.2, 0) is 0 Å². The van der Waals surface area contributed by atoms with Gasteiger partial charge in [0.15, 0.2) is 11.5 Å². The topological polar surface area (TPSA) is 69.3 Å². The number of aromatic amines is 1. The van der Waals surface area contributed by atoms with Crippen LogP contribution >= 0.6 is 0 Å². The van der Waals surface area contributed by atoms with Gasteiger partial charge in [-0.1, -0.05) is 6.42 Å². The van der Waals surface area contributed by atoms with Gasteiger partial charge in [0.05, 0.1) is 23.2 Å². The van der Waals surface area contributed by atoms with Crippen molar-refractivity contribution in [2.45, 2.75) is 19.3 Å². The molecule has 1 aromatic carbocycles. The molecule has 0 atom stereocenters. The molecule has 3 aromatic rings. The van der Waals surface area contributed by atoms with E-state index in [1.807, 2.05) is 24.4 Å². The number of hydrogen-bond donors (Lipinski definition) is 1. The van der Waals surface area contributed by atoms with Gasteiger partial charge in [-0.05, 0) is 37.0 Å². The lowest BCUT2D eigenvalue weighted by molar-refractivity contribution is 0.173. The summed E-state index contributed by atoms with van der Waals surface area (Å²) in [6, 6.07) is 5.77. The van der Waals surface area contributed by atoms with Crippen LogP contribution in [0.1, 0.15) is 19.3 Å². The van der Waals surface area contributed by atoms with Crippen LogP contribution in [-0.4, -0.2) is 28.4 Å². The lowest BCUT2D eigenvalue weighted by Crippen LogP contribution is -2.19. The van der Waals surface area contributed by atoms with Gasteiger partial charge in [-0.25, -0.2) is 9.97 Å². The number of aromatic nitrogens is 3. The van der Waals surface area contributed by atoms with Gasteiger partial charge in [-0.15, -0.1) is 0 Å². The largest absolute Gasteiger partial charge is 0.492 e. The van der Waals surface area contributed by atoms with Gasteiger partial charge in [0.2, 0.25) is 6.79 Å². The number of rotatable bonds is 4. The van der Waals surface area contributed by atoms with Crippen molar-refractivity contribution < 1.29 is 14.2 Å². The number of fused-ring (bicyclic) bond motifs is 2. The van der Waals surface area contributed by atoms with E-state index in [4.69, 9.17) is 14.2 Å². The van der Waals surface area contributed by atoms with Crippen LogP contribution < -0.4 is 14.2 Å². The molecule has 6 heteroatoms. The Hall–Kier alpha value is -2.76. The molecule has 2 aliphatic rings. The van der Waals surface area contributed by atoms with E-state index in [2.05, 4.69) is 15.0 Å². The van der Waals surface area contributed by atoms with Gasteiger partial charge in [0, 0.05) is 6.20 Å². The van der Waals surface area contributed by atoms with Gasteiger partial charge in [0.25, 0.3) is 0 Å². The molecule has 122 valence electrons. The average Bonchev–Trinajstić information content (AvgIpc) is 3.21. The van der Waals surface area contributed by atoms with Gasteiger partial charge in [-0.2, -0.15) is 0 Å². The maximum absolute atomic E-state index is 6.14. The third-order valence-electron chi connectivity index (χ3n) is 4.78. The second-order valence-electron chi connectivity index (χ2n) is 6.24. The summed E-state index contributed by atoms with van der Waals surface area (Å²) in [4.78, 5) is 12.0. The number of nitrogens with zero attached hydrogens (tertiary/aromatic N) is 2. The summed E-state index contributed by atoms with van der Waals surface area (Å²) >= 11 is 0. The zero-order chi connectivity index (χ0) is 15.9. The van der Waals surface area contributed by atoms with E-state index in [0.717, 1.165) is 40.4 Å². The summed E-state index contributed by atoms with van der Waals surface area (Å²) in [5.41, 5.74) is 3.34. The number of nitrogens with one attached hydrogen (secondary N) is 1. The molecule has 0 amide bonds. The molecular formula is C18H17N3O3. The Bertz CT molecular complexity index is 902. The normalized spacial score (nSPS) is 16.3. The minimum atomic E-state index is 0.216. The van der Waals surface area contributed by atoms with Gasteiger partial charge in [0.1, 0.15) is 17.8 Å². The quantitative estimate of drug-likeness (QED) is 0.795. The lowest BCUT2D eigenvalue weighted by Gasteiger charge is -2.25. The summed E-state index contributed by atoms with van der Waals surface area (Å²) in [6.07, 6.45) is 7.22. The predicted octanol–water partition coefficient (Wildman–Crippen LogP) is 3.53. The third kappa shape index (κ3) is 2.10. The average molecular weight is 323 g/mol. The summed E-state index contributed by atoms with van der Waals surface area (Å²) in [5, 5.41) is 0. The van der Waals surface area contributed by atoms with Crippen LogP contribution in [0, 0.1) is 5.92 Å². The van der Waals surface area contributed by atoms with Crippen molar-refractivity contribution >= 4 is 11.0 Å². The Morgan fingerprint density at radius 2 is 2.12 bits per heavy atom. The summed E-state index contributed by atoms with van der Waals surface area (Å²) in [5.74, 6) is 2.84. The maximum Gasteiger partial charge on any atom is 0.231 e. The summed E-state index contributed by atoms with van der Waals surface area (Å²) in [7, 11) is 0. The van der Waals surface area contributed by atoms with Crippen molar-refractivity contribution in [3.05, 3.63) is 30.7 Å². The molecule has 2 aromatic heterocycles. The van der Waals surface area contributed by atoms with Crippen molar-refractivity contribution in [3.8, 4) is 28.5 Å². The van der Waals surface area contributed by atoms with Crippen LogP contribution in [0.4, 0.5) is 0 Å². The lowest BCUT2D eigenvalue weighted by atomic mass is 9.86. The first-order chi connectivity index (χ1) is 11.9. The van der Waals surface area contributed by atoms with E-state index in [1.54, 1.807) is 6.33 Å². The highest BCUT2D eigenvalue weighted by Gasteiger charge is 2.27. The minimum Gasteiger partial charge on any atom is -0.492 e. The molecule has 3 heterocycles. The number of ether oxygens (including phenoxy) is 3. The van der Waals surface area contributed by atoms with Crippen LogP contribution in [0.15, 0.2) is 30.7 Å². The van der Waals surface area contributed by atoms with E-state index in [0.29, 0.717) is 11.7 Å². The van der Waals surface area contributed by atoms with E-state index in [-0.39, 0.29) is 6.79 Å². The molecule has 24 heavy (non-hydrogen) atoms. The molecule has 1 N–H and O–H groups in total. The molecule has 0 bridgehead atoms. The van der Waals surface area contributed by atoms with Crippen molar-refractivity contribution in [1.82, 2.24) is 15.0 Å². The third-order valence-corrected chi connectivity index (χ3v) is 4.78. The Labute approximate surface area is 138 Å². The molecule has 0 spiro atoms. The zero-order valence-corrected chi connectivity index (χ0v) is 13.1. The highest BCUT2D eigenvalue weighted by Crippen LogP contribution is 2.47. The molecule has 1 fully saturated rings. The Balaban J connectivity index is 1.64. The van der Waals surface area contributed by atoms with Gasteiger partial charge in [-0.3, -0.25) is 0 Å². The maximum atomic E-state index is 6.14. The Kier molecular flexibility index (Phi) is 3.07. The molecule has 1 saturated carbocycles. The molecule has 1 aliphatic heterocycles. The van der Waals surface area contributed by atoms with Crippen LogP contribution in [0.25, 0.3) is 22.3 Å². The van der Waals surface area contributed by atoms with Gasteiger partial charge < -0.3 is 19.2 Å². The summed E-state index contributed by atoms with van der Waals surface area (Å²) < 4.78 is 17.4. The van der Waals surface area contributed by atoms with Crippen molar-refractivity contribution in [2.75, 3.05) is 13.4 Å². The monoisotopic (exact) mass is 323 g/mol. The van der Waals surface area contributed by atoms with E-state index in [9.17, 15) is 0 Å². The van der Waals surface area contributed by atoms with E-state index in [1.165, 1.54) is 19.3 Å². The number of H-pyrrole nitrogens is 1. The molecule has 0 saturated heterocycles. The highest BCUT2D eigenvalue weighted by molar-refractivity contribution is 5.94. The van der Waals surface area contributed by atoms with Crippen molar-refractivity contribution in [1.29, 1.82) is 0 Å². The fourth-order valence-electron chi connectivity index (χ4n) is 3.23. The molecular weight excluding hydrogens is 306 g/mol. The van der Waals surface area contributed by atoms with Crippen LogP contribution in [0.3, 0.4) is 0 Å². The fraction of sp³-hybridized carbons (Fsp3) is 0.333. The molecule has 5 rings (SSSR count). The van der Waals surface area contributed by atoms with E-state index < -0.39 is 0 Å². The SMILES string of the molecule is c1nc(-c2c(OCC3CCC3)ccc3c2OCO3)c2[nH]ccc2n1. The second-order valence-corrected chi connectivity index (χ2v) is 6.24. The smallest absolute Gasteiger partial charge is 0.231 e. The standard InChI is InChI=1S/C18H17N3O3/c1-2-11(3-1)8-22-13-4-5-14-18(24-10-23-14)15(13)17-16-12(6-7-19-16)20-9-21-17/h4-7,9,11,19H,1-3,8,10H2. The van der Waals surface area contributed by atoms with Crippen molar-refractivity contribution in [3.63, 3.8) is 0 Å². The number of hydrogen-bond acceptors (Lipinski definition) is 5. The Morgan fingerprint density at radius 1 is 1.17 bits per heavy atom. The number of benzene rings is 1. The fourth-order valence-corrected chi connectivity index (χ4v) is 3.23. The molecule has 0 radical (unpaired) electrons. The highest BCUT2D eigenvalue weighted by atomic mass is 16.7. The summed E-state index contributed by atoms with van der Waals surface area (Å²) in [6.45, 7) is 0.943. The van der Waals surface area contributed by atoms with Gasteiger partial charge >= 0.3 is 0 Å². The minimum absolute atomic E-state index is 0.216. The zero-order valence-electron chi connectivity index (χ0n) is 13.1. The molecule has 0 unspecified atom stereocenters. The van der Waals surface area contributed by atoms with Crippen molar-refractivity contribution in [2.24, 2.45) is 5.92 Å². The predicted molar refractivity (Wildman–Crippen MR) is 88.3 cm³/mol. The molecule has 6 nitrogen and oxygen atoms in total. The van der Waals surface area contributed by atoms with Crippen LogP contribution in [0.2, 0.25) is 0 Å². The first kappa shape index (κ1) is 13.7. The first-order valence-corrected chi connectivity index (χ1v) is 8.24.